The monoisotopic (exact) mass is 481 g/mol. The van der Waals surface area contributed by atoms with Crippen LogP contribution in [0.1, 0.15) is 47.1 Å². The van der Waals surface area contributed by atoms with Gasteiger partial charge in [0.1, 0.15) is 11.6 Å². The third-order valence-corrected chi connectivity index (χ3v) is 6.94. The molecule has 0 unspecified atom stereocenters. The van der Waals surface area contributed by atoms with Gasteiger partial charge in [0.25, 0.3) is 5.91 Å². The van der Waals surface area contributed by atoms with Gasteiger partial charge >= 0.3 is 0 Å². The van der Waals surface area contributed by atoms with Crippen molar-refractivity contribution in [2.45, 2.75) is 32.6 Å². The van der Waals surface area contributed by atoms with Gasteiger partial charge in [-0.15, -0.1) is 0 Å². The highest BCUT2D eigenvalue weighted by molar-refractivity contribution is 7.09. The van der Waals surface area contributed by atoms with Crippen LogP contribution in [0.5, 0.6) is 0 Å². The van der Waals surface area contributed by atoms with E-state index in [1.165, 1.54) is 42.1 Å². The lowest BCUT2D eigenvalue weighted by Gasteiger charge is -2.34. The number of rotatable bonds is 10. The molecule has 0 saturated carbocycles. The van der Waals surface area contributed by atoms with E-state index in [9.17, 15) is 9.18 Å². The van der Waals surface area contributed by atoms with Crippen LogP contribution in [-0.4, -0.2) is 59.4 Å². The molecule has 2 heterocycles. The average Bonchev–Trinajstić information content (AvgIpc) is 3.33. The predicted octanol–water partition coefficient (Wildman–Crippen LogP) is 4.16. The minimum Gasteiger partial charge on any atom is -0.351 e. The van der Waals surface area contributed by atoms with Crippen LogP contribution >= 0.6 is 11.5 Å². The summed E-state index contributed by atoms with van der Waals surface area (Å²) in [5.74, 6) is 0.531. The molecule has 1 N–H and O–H groups in total. The fraction of sp³-hybridized carbons (Fsp3) is 0.423. The number of carbonyl (C=O) groups is 1. The fourth-order valence-corrected chi connectivity index (χ4v) is 4.76. The van der Waals surface area contributed by atoms with Crippen molar-refractivity contribution in [2.75, 3.05) is 44.2 Å². The average molecular weight is 482 g/mol. The largest absolute Gasteiger partial charge is 0.351 e. The molecule has 34 heavy (non-hydrogen) atoms. The number of amides is 1. The molecule has 0 bridgehead atoms. The zero-order valence-electron chi connectivity index (χ0n) is 19.7. The molecule has 0 spiro atoms. The summed E-state index contributed by atoms with van der Waals surface area (Å²) >= 11 is 1.42. The van der Waals surface area contributed by atoms with Gasteiger partial charge in [0.05, 0.1) is 0 Å². The summed E-state index contributed by atoms with van der Waals surface area (Å²) < 4.78 is 17.6. The summed E-state index contributed by atoms with van der Waals surface area (Å²) in [6, 6.07) is 14.4. The maximum absolute atomic E-state index is 13.1. The van der Waals surface area contributed by atoms with Crippen LogP contribution in [0, 0.1) is 5.82 Å². The van der Waals surface area contributed by atoms with E-state index in [1.807, 2.05) is 12.1 Å². The van der Waals surface area contributed by atoms with Crippen LogP contribution in [-0.2, 0) is 12.8 Å². The number of unbranched alkanes of at least 4 members (excludes halogenated alkanes) is 1. The summed E-state index contributed by atoms with van der Waals surface area (Å²) in [6.07, 6.45) is 4.03. The van der Waals surface area contributed by atoms with Crippen molar-refractivity contribution in [1.82, 2.24) is 19.6 Å². The summed E-state index contributed by atoms with van der Waals surface area (Å²) in [4.78, 5) is 21.7. The summed E-state index contributed by atoms with van der Waals surface area (Å²) in [5, 5.41) is 3.98. The third kappa shape index (κ3) is 6.84. The minimum absolute atomic E-state index is 0.0109. The van der Waals surface area contributed by atoms with Crippen molar-refractivity contribution in [2.24, 2.45) is 0 Å². The Hall–Kier alpha value is -2.84. The number of piperazine rings is 1. The SMILES string of the molecule is CCCCc1ccc(C(=O)NCCN2CCN(c3nc(Cc4ccc(F)cc4)ns3)CC2)cc1. The molecular formula is C26H32FN5OS. The molecular weight excluding hydrogens is 449 g/mol. The van der Waals surface area contributed by atoms with Crippen molar-refractivity contribution in [3.8, 4) is 0 Å². The molecule has 1 aliphatic heterocycles. The van der Waals surface area contributed by atoms with Gasteiger partial charge < -0.3 is 10.2 Å². The summed E-state index contributed by atoms with van der Waals surface area (Å²) in [5.41, 5.74) is 3.01. The van der Waals surface area contributed by atoms with Gasteiger partial charge in [0, 0.05) is 62.8 Å². The van der Waals surface area contributed by atoms with Crippen molar-refractivity contribution in [3.63, 3.8) is 0 Å². The Morgan fingerprint density at radius 2 is 1.74 bits per heavy atom. The molecule has 4 rings (SSSR count). The summed E-state index contributed by atoms with van der Waals surface area (Å²) in [6.45, 7) is 7.28. The van der Waals surface area contributed by atoms with Crippen molar-refractivity contribution < 1.29 is 9.18 Å². The van der Waals surface area contributed by atoms with Gasteiger partial charge in [-0.2, -0.15) is 4.37 Å². The van der Waals surface area contributed by atoms with E-state index in [4.69, 9.17) is 0 Å². The smallest absolute Gasteiger partial charge is 0.251 e. The Labute approximate surface area is 205 Å². The first-order valence-corrected chi connectivity index (χ1v) is 12.8. The van der Waals surface area contributed by atoms with Crippen LogP contribution in [0.3, 0.4) is 0 Å². The molecule has 1 aliphatic rings. The van der Waals surface area contributed by atoms with Crippen molar-refractivity contribution >= 4 is 22.6 Å². The Balaban J connectivity index is 1.17. The number of halogens is 1. The highest BCUT2D eigenvalue weighted by Crippen LogP contribution is 2.20. The van der Waals surface area contributed by atoms with Crippen LogP contribution in [0.4, 0.5) is 9.52 Å². The molecule has 1 aromatic heterocycles. The van der Waals surface area contributed by atoms with Crippen molar-refractivity contribution in [1.29, 1.82) is 0 Å². The number of aromatic nitrogens is 2. The quantitative estimate of drug-likeness (QED) is 0.471. The van der Waals surface area contributed by atoms with Gasteiger partial charge in [-0.25, -0.2) is 9.37 Å². The second kappa shape index (κ2) is 12.0. The topological polar surface area (TPSA) is 61.4 Å². The molecule has 8 heteroatoms. The van der Waals surface area contributed by atoms with Crippen LogP contribution < -0.4 is 10.2 Å². The lowest BCUT2D eigenvalue weighted by Crippen LogP contribution is -2.48. The normalized spacial score (nSPS) is 14.4. The molecule has 1 amide bonds. The number of anilines is 1. The van der Waals surface area contributed by atoms with Crippen LogP contribution in [0.15, 0.2) is 48.5 Å². The Bertz CT molecular complexity index is 1050. The number of hydrogen-bond donors (Lipinski definition) is 1. The lowest BCUT2D eigenvalue weighted by atomic mass is 10.1. The second-order valence-corrected chi connectivity index (χ2v) is 9.41. The molecule has 2 aromatic carbocycles. The molecule has 6 nitrogen and oxygen atoms in total. The molecule has 3 aromatic rings. The molecule has 1 saturated heterocycles. The molecule has 0 radical (unpaired) electrons. The molecule has 1 fully saturated rings. The molecule has 0 aliphatic carbocycles. The van der Waals surface area contributed by atoms with E-state index in [1.54, 1.807) is 12.1 Å². The van der Waals surface area contributed by atoms with Gasteiger partial charge in [0.2, 0.25) is 5.13 Å². The van der Waals surface area contributed by atoms with E-state index in [0.29, 0.717) is 13.0 Å². The number of benzene rings is 2. The van der Waals surface area contributed by atoms with Gasteiger partial charge in [0.15, 0.2) is 0 Å². The Morgan fingerprint density at radius 3 is 2.44 bits per heavy atom. The zero-order chi connectivity index (χ0) is 23.8. The number of nitrogens with one attached hydrogen (secondary N) is 1. The van der Waals surface area contributed by atoms with E-state index < -0.39 is 0 Å². The number of nitrogens with zero attached hydrogens (tertiary/aromatic N) is 4. The van der Waals surface area contributed by atoms with Crippen LogP contribution in [0.25, 0.3) is 0 Å². The first-order chi connectivity index (χ1) is 16.6. The van der Waals surface area contributed by atoms with E-state index in [0.717, 1.165) is 61.2 Å². The highest BCUT2D eigenvalue weighted by Gasteiger charge is 2.20. The maximum Gasteiger partial charge on any atom is 0.251 e. The van der Waals surface area contributed by atoms with E-state index >= 15 is 0 Å². The lowest BCUT2D eigenvalue weighted by molar-refractivity contribution is 0.0947. The first kappa shape index (κ1) is 24.3. The maximum atomic E-state index is 13.1. The van der Waals surface area contributed by atoms with Gasteiger partial charge in [-0.05, 0) is 48.2 Å². The number of hydrogen-bond acceptors (Lipinski definition) is 6. The first-order valence-electron chi connectivity index (χ1n) is 12.0. The highest BCUT2D eigenvalue weighted by atomic mass is 32.1. The standard InChI is InChI=1S/C26H32FN5OS/c1-2-3-4-20-5-9-22(10-6-20)25(33)28-13-14-31-15-17-32(18-16-31)26-29-24(30-34-26)19-21-7-11-23(27)12-8-21/h5-12H,2-4,13-19H2,1H3,(H,28,33). The van der Waals surface area contributed by atoms with E-state index in [2.05, 4.69) is 43.5 Å². The number of carbonyl (C=O) groups excluding carboxylic acids is 1. The van der Waals surface area contributed by atoms with Crippen molar-refractivity contribution in [3.05, 3.63) is 76.9 Å². The predicted molar refractivity (Wildman–Crippen MR) is 135 cm³/mol. The fourth-order valence-electron chi connectivity index (χ4n) is 4.03. The second-order valence-electron chi connectivity index (χ2n) is 8.68. The van der Waals surface area contributed by atoms with Gasteiger partial charge in [-0.3, -0.25) is 9.69 Å². The van der Waals surface area contributed by atoms with E-state index in [-0.39, 0.29) is 11.7 Å². The Kier molecular flexibility index (Phi) is 8.60. The zero-order valence-corrected chi connectivity index (χ0v) is 20.5. The molecule has 0 atom stereocenters. The molecule has 180 valence electrons. The third-order valence-electron chi connectivity index (χ3n) is 6.12. The minimum atomic E-state index is -0.232. The summed E-state index contributed by atoms with van der Waals surface area (Å²) in [7, 11) is 0. The number of aryl methyl sites for hydroxylation is 1. The van der Waals surface area contributed by atoms with Gasteiger partial charge in [-0.1, -0.05) is 37.6 Å². The Morgan fingerprint density at radius 1 is 1.03 bits per heavy atom. The van der Waals surface area contributed by atoms with Crippen LogP contribution in [0.2, 0.25) is 0 Å².